The van der Waals surface area contributed by atoms with E-state index in [0.717, 1.165) is 13.0 Å². The first kappa shape index (κ1) is 15.3. The summed E-state index contributed by atoms with van der Waals surface area (Å²) in [5.74, 6) is -0.178. The summed E-state index contributed by atoms with van der Waals surface area (Å²) in [6.07, 6.45) is 13.2. The van der Waals surface area contributed by atoms with Crippen molar-refractivity contribution in [2.45, 2.75) is 76.3 Å². The Balaban J connectivity index is 1.40. The molecule has 3 rings (SSSR count). The average molecular weight is 293 g/mol. The number of primary amides is 1. The van der Waals surface area contributed by atoms with Gasteiger partial charge in [-0.1, -0.05) is 19.3 Å². The van der Waals surface area contributed by atoms with Gasteiger partial charge in [0.1, 0.15) is 0 Å². The van der Waals surface area contributed by atoms with E-state index in [1.165, 1.54) is 70.9 Å². The predicted octanol–water partition coefficient (Wildman–Crippen LogP) is 2.03. The Labute approximate surface area is 128 Å². The number of carbonyl (C=O) groups excluding carboxylic acids is 1. The molecule has 3 fully saturated rings. The topological polar surface area (TPSA) is 58.4 Å². The Bertz CT molecular complexity index is 351. The third-order valence-electron chi connectivity index (χ3n) is 5.92. The minimum absolute atomic E-state index is 0.122. The summed E-state index contributed by atoms with van der Waals surface area (Å²) in [4.78, 5) is 14.1. The van der Waals surface area contributed by atoms with Crippen molar-refractivity contribution in [1.82, 2.24) is 10.2 Å². The zero-order valence-corrected chi connectivity index (χ0v) is 13.3. The Kier molecular flexibility index (Phi) is 4.85. The molecule has 1 atom stereocenters. The second-order valence-electron chi connectivity index (χ2n) is 7.59. The minimum Gasteiger partial charge on any atom is -0.368 e. The Morgan fingerprint density at radius 1 is 1.14 bits per heavy atom. The van der Waals surface area contributed by atoms with Crippen LogP contribution in [0.5, 0.6) is 0 Å². The van der Waals surface area contributed by atoms with Gasteiger partial charge in [0.25, 0.3) is 0 Å². The van der Waals surface area contributed by atoms with Crippen molar-refractivity contribution in [2.24, 2.45) is 11.1 Å². The standard InChI is InChI=1S/C17H31N3O/c18-16(21)15(19-14-4-5-14)6-11-20-12-9-17(10-13-20)7-2-1-3-8-17/h14-15,19H,1-13H2,(H2,18,21). The van der Waals surface area contributed by atoms with E-state index in [0.29, 0.717) is 11.5 Å². The van der Waals surface area contributed by atoms with E-state index in [9.17, 15) is 4.79 Å². The van der Waals surface area contributed by atoms with Gasteiger partial charge in [0.05, 0.1) is 6.04 Å². The van der Waals surface area contributed by atoms with Gasteiger partial charge < -0.3 is 16.0 Å². The lowest BCUT2D eigenvalue weighted by Gasteiger charge is -2.44. The van der Waals surface area contributed by atoms with Crippen molar-refractivity contribution >= 4 is 5.91 Å². The molecule has 4 nitrogen and oxygen atoms in total. The number of hydrogen-bond acceptors (Lipinski definition) is 3. The molecule has 1 spiro atoms. The molecule has 3 aliphatic rings. The number of likely N-dealkylation sites (tertiary alicyclic amines) is 1. The summed E-state index contributed by atoms with van der Waals surface area (Å²) in [6.45, 7) is 3.45. The quantitative estimate of drug-likeness (QED) is 0.788. The smallest absolute Gasteiger partial charge is 0.234 e. The van der Waals surface area contributed by atoms with Crippen molar-refractivity contribution in [1.29, 1.82) is 0 Å². The third kappa shape index (κ3) is 4.19. The molecule has 1 heterocycles. The molecule has 1 aliphatic heterocycles. The number of carbonyl (C=O) groups is 1. The number of hydrogen-bond donors (Lipinski definition) is 2. The summed E-state index contributed by atoms with van der Waals surface area (Å²) in [5.41, 5.74) is 6.19. The van der Waals surface area contributed by atoms with Crippen molar-refractivity contribution in [3.63, 3.8) is 0 Å². The fraction of sp³-hybridized carbons (Fsp3) is 0.941. The molecule has 0 aromatic rings. The van der Waals surface area contributed by atoms with Crippen molar-refractivity contribution < 1.29 is 4.79 Å². The van der Waals surface area contributed by atoms with Crippen LogP contribution in [0.15, 0.2) is 0 Å². The van der Waals surface area contributed by atoms with Crippen LogP contribution in [0.1, 0.15) is 64.2 Å². The van der Waals surface area contributed by atoms with Crippen LogP contribution < -0.4 is 11.1 Å². The lowest BCUT2D eigenvalue weighted by atomic mass is 9.68. The molecule has 1 saturated heterocycles. The van der Waals surface area contributed by atoms with Gasteiger partial charge in [-0.05, 0) is 63.5 Å². The Morgan fingerprint density at radius 3 is 2.38 bits per heavy atom. The van der Waals surface area contributed by atoms with Crippen LogP contribution >= 0.6 is 0 Å². The molecule has 4 heteroatoms. The lowest BCUT2D eigenvalue weighted by molar-refractivity contribution is -0.120. The second-order valence-corrected chi connectivity index (χ2v) is 7.59. The van der Waals surface area contributed by atoms with Crippen molar-refractivity contribution in [3.05, 3.63) is 0 Å². The van der Waals surface area contributed by atoms with Crippen LogP contribution in [-0.2, 0) is 4.79 Å². The highest BCUT2D eigenvalue weighted by atomic mass is 16.1. The molecule has 0 aromatic carbocycles. The largest absolute Gasteiger partial charge is 0.368 e. The number of piperidine rings is 1. The number of nitrogens with zero attached hydrogens (tertiary/aromatic N) is 1. The highest BCUT2D eigenvalue weighted by Crippen LogP contribution is 2.44. The van der Waals surface area contributed by atoms with Crippen LogP contribution in [0.25, 0.3) is 0 Å². The Morgan fingerprint density at radius 2 is 1.81 bits per heavy atom. The summed E-state index contributed by atoms with van der Waals surface area (Å²) in [7, 11) is 0. The number of rotatable bonds is 6. The predicted molar refractivity (Wildman–Crippen MR) is 84.9 cm³/mol. The van der Waals surface area contributed by atoms with E-state index in [4.69, 9.17) is 5.73 Å². The summed E-state index contributed by atoms with van der Waals surface area (Å²) < 4.78 is 0. The molecule has 0 aromatic heterocycles. The van der Waals surface area contributed by atoms with Gasteiger partial charge >= 0.3 is 0 Å². The second kappa shape index (κ2) is 6.66. The molecule has 2 saturated carbocycles. The molecule has 120 valence electrons. The van der Waals surface area contributed by atoms with Crippen LogP contribution in [-0.4, -0.2) is 42.5 Å². The van der Waals surface area contributed by atoms with Gasteiger partial charge in [-0.15, -0.1) is 0 Å². The number of amides is 1. The van der Waals surface area contributed by atoms with E-state index in [-0.39, 0.29) is 11.9 Å². The van der Waals surface area contributed by atoms with E-state index in [1.807, 2.05) is 0 Å². The maximum Gasteiger partial charge on any atom is 0.234 e. The SMILES string of the molecule is NC(=O)C(CCN1CCC2(CCCCC2)CC1)NC1CC1. The maximum atomic E-state index is 11.5. The summed E-state index contributed by atoms with van der Waals surface area (Å²) in [6, 6.07) is 0.428. The normalized spacial score (nSPS) is 27.6. The zero-order valence-electron chi connectivity index (χ0n) is 13.3. The maximum absolute atomic E-state index is 11.5. The number of nitrogens with one attached hydrogen (secondary N) is 1. The zero-order chi connectivity index (χ0) is 14.7. The molecule has 1 amide bonds. The van der Waals surface area contributed by atoms with Crippen LogP contribution in [0.4, 0.5) is 0 Å². The lowest BCUT2D eigenvalue weighted by Crippen LogP contribution is -2.46. The monoisotopic (exact) mass is 293 g/mol. The number of nitrogens with two attached hydrogens (primary N) is 1. The molecule has 21 heavy (non-hydrogen) atoms. The molecular weight excluding hydrogens is 262 g/mol. The van der Waals surface area contributed by atoms with E-state index in [2.05, 4.69) is 10.2 Å². The first-order chi connectivity index (χ1) is 10.2. The molecule has 0 bridgehead atoms. The fourth-order valence-corrected chi connectivity index (χ4v) is 4.21. The molecule has 2 aliphatic carbocycles. The van der Waals surface area contributed by atoms with Gasteiger partial charge in [0, 0.05) is 12.6 Å². The average Bonchev–Trinajstić information content (AvgIpc) is 3.30. The van der Waals surface area contributed by atoms with Crippen LogP contribution in [0.2, 0.25) is 0 Å². The molecular formula is C17H31N3O. The van der Waals surface area contributed by atoms with Gasteiger partial charge in [0.15, 0.2) is 0 Å². The van der Waals surface area contributed by atoms with Crippen molar-refractivity contribution in [3.8, 4) is 0 Å². The van der Waals surface area contributed by atoms with Crippen molar-refractivity contribution in [2.75, 3.05) is 19.6 Å². The first-order valence-corrected chi connectivity index (χ1v) is 8.95. The fourth-order valence-electron chi connectivity index (χ4n) is 4.21. The van der Waals surface area contributed by atoms with Gasteiger partial charge in [0.2, 0.25) is 5.91 Å². The van der Waals surface area contributed by atoms with Crippen LogP contribution in [0, 0.1) is 5.41 Å². The molecule has 0 radical (unpaired) electrons. The minimum atomic E-state index is -0.178. The summed E-state index contributed by atoms with van der Waals surface area (Å²) >= 11 is 0. The highest BCUT2D eigenvalue weighted by Gasteiger charge is 2.35. The van der Waals surface area contributed by atoms with Crippen LogP contribution in [0.3, 0.4) is 0 Å². The first-order valence-electron chi connectivity index (χ1n) is 8.95. The Hall–Kier alpha value is -0.610. The summed E-state index contributed by atoms with van der Waals surface area (Å²) in [5, 5.41) is 3.39. The molecule has 1 unspecified atom stereocenters. The van der Waals surface area contributed by atoms with E-state index < -0.39 is 0 Å². The van der Waals surface area contributed by atoms with E-state index in [1.54, 1.807) is 0 Å². The highest BCUT2D eigenvalue weighted by molar-refractivity contribution is 5.79. The molecule has 3 N–H and O–H groups in total. The van der Waals surface area contributed by atoms with E-state index >= 15 is 0 Å². The van der Waals surface area contributed by atoms with Gasteiger partial charge in [-0.3, -0.25) is 4.79 Å². The van der Waals surface area contributed by atoms with Gasteiger partial charge in [-0.2, -0.15) is 0 Å². The third-order valence-corrected chi connectivity index (χ3v) is 5.92. The van der Waals surface area contributed by atoms with Gasteiger partial charge in [-0.25, -0.2) is 0 Å².